The van der Waals surface area contributed by atoms with E-state index in [9.17, 15) is 4.79 Å². The number of methoxy groups -OCH3 is 1. The maximum atomic E-state index is 12.0. The number of aromatic nitrogens is 2. The third-order valence-corrected chi connectivity index (χ3v) is 2.55. The summed E-state index contributed by atoms with van der Waals surface area (Å²) in [6.07, 6.45) is 2.87. The van der Waals surface area contributed by atoms with E-state index in [0.717, 1.165) is 16.8 Å². The molecule has 2 rings (SSSR count). The Morgan fingerprint density at radius 3 is 2.21 bits per heavy atom. The van der Waals surface area contributed by atoms with Crippen LogP contribution in [0.4, 0.5) is 5.69 Å². The minimum atomic E-state index is -0.243. The van der Waals surface area contributed by atoms with E-state index in [2.05, 4.69) is 15.3 Å². The first-order valence-electron chi connectivity index (χ1n) is 5.84. The van der Waals surface area contributed by atoms with Gasteiger partial charge >= 0.3 is 6.01 Å². The molecule has 0 aliphatic carbocycles. The molecule has 1 aromatic heterocycles. The van der Waals surface area contributed by atoms with Crippen LogP contribution in [0.1, 0.15) is 21.5 Å². The first-order valence-corrected chi connectivity index (χ1v) is 5.84. The van der Waals surface area contributed by atoms with Crippen molar-refractivity contribution < 1.29 is 9.53 Å². The normalized spacial score (nSPS) is 10.1. The van der Waals surface area contributed by atoms with Gasteiger partial charge in [0.1, 0.15) is 0 Å². The minimum absolute atomic E-state index is 0.239. The fraction of sp³-hybridized carbons (Fsp3) is 0.214. The van der Waals surface area contributed by atoms with Crippen molar-refractivity contribution in [2.75, 3.05) is 12.4 Å². The maximum absolute atomic E-state index is 12.0. The Hall–Kier alpha value is -2.43. The molecular weight excluding hydrogens is 242 g/mol. The molecule has 1 amide bonds. The lowest BCUT2D eigenvalue weighted by Gasteiger charge is -2.07. The van der Waals surface area contributed by atoms with Crippen LogP contribution < -0.4 is 10.1 Å². The third kappa shape index (κ3) is 3.28. The van der Waals surface area contributed by atoms with Crippen molar-refractivity contribution >= 4 is 11.6 Å². The predicted octanol–water partition coefficient (Wildman–Crippen LogP) is 2.35. The molecule has 0 radical (unpaired) electrons. The Morgan fingerprint density at radius 1 is 1.11 bits per heavy atom. The second-order valence-corrected chi connectivity index (χ2v) is 4.29. The molecule has 0 aliphatic heterocycles. The monoisotopic (exact) mass is 257 g/mol. The van der Waals surface area contributed by atoms with Crippen LogP contribution in [0.3, 0.4) is 0 Å². The molecule has 1 aromatic carbocycles. The van der Waals surface area contributed by atoms with Crippen LogP contribution in [0.2, 0.25) is 0 Å². The summed E-state index contributed by atoms with van der Waals surface area (Å²) in [5.74, 6) is -0.243. The number of hydrogen-bond acceptors (Lipinski definition) is 4. The lowest BCUT2D eigenvalue weighted by molar-refractivity contribution is 0.102. The largest absolute Gasteiger partial charge is 0.467 e. The molecule has 2 aromatic rings. The highest BCUT2D eigenvalue weighted by atomic mass is 16.5. The van der Waals surface area contributed by atoms with Gasteiger partial charge in [-0.3, -0.25) is 4.79 Å². The molecule has 0 atom stereocenters. The fourth-order valence-electron chi connectivity index (χ4n) is 1.79. The van der Waals surface area contributed by atoms with Crippen LogP contribution in [0.25, 0.3) is 0 Å². The molecule has 0 aliphatic rings. The number of benzene rings is 1. The van der Waals surface area contributed by atoms with Crippen molar-refractivity contribution in [2.45, 2.75) is 13.8 Å². The number of nitrogens with one attached hydrogen (secondary N) is 1. The van der Waals surface area contributed by atoms with E-state index in [0.29, 0.717) is 5.56 Å². The quantitative estimate of drug-likeness (QED) is 0.916. The van der Waals surface area contributed by atoms with E-state index in [1.807, 2.05) is 32.0 Å². The molecule has 98 valence electrons. The predicted molar refractivity (Wildman–Crippen MR) is 72.5 cm³/mol. The summed E-state index contributed by atoms with van der Waals surface area (Å²) in [6, 6.07) is 6.11. The molecule has 0 saturated heterocycles. The molecule has 0 unspecified atom stereocenters. The van der Waals surface area contributed by atoms with Gasteiger partial charge < -0.3 is 10.1 Å². The van der Waals surface area contributed by atoms with Crippen LogP contribution in [0.15, 0.2) is 30.6 Å². The van der Waals surface area contributed by atoms with Gasteiger partial charge in [0.2, 0.25) is 0 Å². The summed E-state index contributed by atoms with van der Waals surface area (Å²) in [4.78, 5) is 19.8. The Bertz CT molecular complexity index is 574. The van der Waals surface area contributed by atoms with Crippen LogP contribution in [-0.4, -0.2) is 23.0 Å². The summed E-state index contributed by atoms with van der Waals surface area (Å²) in [5, 5.41) is 2.82. The van der Waals surface area contributed by atoms with Gasteiger partial charge in [-0.1, -0.05) is 6.07 Å². The number of hydrogen-bond donors (Lipinski definition) is 1. The number of ether oxygens (including phenoxy) is 1. The maximum Gasteiger partial charge on any atom is 0.316 e. The third-order valence-electron chi connectivity index (χ3n) is 2.55. The van der Waals surface area contributed by atoms with E-state index in [4.69, 9.17) is 4.74 Å². The molecule has 0 fully saturated rings. The number of amides is 1. The topological polar surface area (TPSA) is 64.1 Å². The number of nitrogens with zero attached hydrogens (tertiary/aromatic N) is 2. The Kier molecular flexibility index (Phi) is 3.75. The zero-order valence-electron chi connectivity index (χ0n) is 11.1. The molecular formula is C14H15N3O2. The van der Waals surface area contributed by atoms with E-state index >= 15 is 0 Å². The van der Waals surface area contributed by atoms with Gasteiger partial charge in [-0.2, -0.15) is 0 Å². The molecule has 0 saturated carbocycles. The lowest BCUT2D eigenvalue weighted by atomic mass is 10.1. The van der Waals surface area contributed by atoms with Crippen LogP contribution in [0.5, 0.6) is 6.01 Å². The Labute approximate surface area is 111 Å². The smallest absolute Gasteiger partial charge is 0.316 e. The second kappa shape index (κ2) is 5.48. The average molecular weight is 257 g/mol. The molecule has 0 spiro atoms. The summed E-state index contributed by atoms with van der Waals surface area (Å²) in [5.41, 5.74) is 3.35. The zero-order chi connectivity index (χ0) is 13.8. The highest BCUT2D eigenvalue weighted by Crippen LogP contribution is 2.14. The summed E-state index contributed by atoms with van der Waals surface area (Å²) in [7, 11) is 1.48. The van der Waals surface area contributed by atoms with Crippen molar-refractivity contribution in [3.05, 3.63) is 47.3 Å². The molecule has 19 heavy (non-hydrogen) atoms. The molecule has 1 N–H and O–H groups in total. The summed E-state index contributed by atoms with van der Waals surface area (Å²) >= 11 is 0. The van der Waals surface area contributed by atoms with Crippen LogP contribution in [-0.2, 0) is 0 Å². The molecule has 5 heteroatoms. The van der Waals surface area contributed by atoms with Crippen LogP contribution >= 0.6 is 0 Å². The molecule has 1 heterocycles. The zero-order valence-corrected chi connectivity index (χ0v) is 11.1. The number of rotatable bonds is 3. The van der Waals surface area contributed by atoms with Gasteiger partial charge in [0.05, 0.1) is 12.7 Å². The van der Waals surface area contributed by atoms with Crippen molar-refractivity contribution in [1.82, 2.24) is 9.97 Å². The van der Waals surface area contributed by atoms with E-state index in [1.54, 1.807) is 0 Å². The van der Waals surface area contributed by atoms with Crippen molar-refractivity contribution in [3.63, 3.8) is 0 Å². The first kappa shape index (κ1) is 13.0. The molecule has 0 bridgehead atoms. The summed E-state index contributed by atoms with van der Waals surface area (Å²) < 4.78 is 4.84. The Morgan fingerprint density at radius 2 is 1.68 bits per heavy atom. The minimum Gasteiger partial charge on any atom is -0.467 e. The highest BCUT2D eigenvalue weighted by molar-refractivity contribution is 6.03. The Balaban J connectivity index is 2.15. The van der Waals surface area contributed by atoms with E-state index in [1.165, 1.54) is 19.5 Å². The standard InChI is InChI=1S/C14H15N3O2/c1-9-4-10(2)6-12(5-9)17-13(18)11-7-15-14(19-3)16-8-11/h4-8H,1-3H3,(H,17,18). The van der Waals surface area contributed by atoms with Crippen LogP contribution in [0, 0.1) is 13.8 Å². The molecule has 5 nitrogen and oxygen atoms in total. The number of anilines is 1. The highest BCUT2D eigenvalue weighted by Gasteiger charge is 2.08. The van der Waals surface area contributed by atoms with Crippen molar-refractivity contribution in [3.8, 4) is 6.01 Å². The van der Waals surface area contributed by atoms with Crippen molar-refractivity contribution in [1.29, 1.82) is 0 Å². The second-order valence-electron chi connectivity index (χ2n) is 4.29. The van der Waals surface area contributed by atoms with Gasteiger partial charge in [0.15, 0.2) is 0 Å². The average Bonchev–Trinajstić information content (AvgIpc) is 2.37. The van der Waals surface area contributed by atoms with E-state index in [-0.39, 0.29) is 11.9 Å². The SMILES string of the molecule is COc1ncc(C(=O)Nc2cc(C)cc(C)c2)cn1. The van der Waals surface area contributed by atoms with Gasteiger partial charge in [-0.05, 0) is 37.1 Å². The first-order chi connectivity index (χ1) is 9.08. The van der Waals surface area contributed by atoms with Gasteiger partial charge in [0.25, 0.3) is 5.91 Å². The van der Waals surface area contributed by atoms with Crippen molar-refractivity contribution in [2.24, 2.45) is 0 Å². The summed E-state index contributed by atoms with van der Waals surface area (Å²) in [6.45, 7) is 3.97. The number of carbonyl (C=O) groups excluding carboxylic acids is 1. The van der Waals surface area contributed by atoms with Gasteiger partial charge in [0, 0.05) is 18.1 Å². The fourth-order valence-corrected chi connectivity index (χ4v) is 1.79. The van der Waals surface area contributed by atoms with Gasteiger partial charge in [-0.15, -0.1) is 0 Å². The van der Waals surface area contributed by atoms with Gasteiger partial charge in [-0.25, -0.2) is 9.97 Å². The number of carbonyl (C=O) groups is 1. The lowest BCUT2D eigenvalue weighted by Crippen LogP contribution is -2.13. The number of aryl methyl sites for hydroxylation is 2. The van der Waals surface area contributed by atoms with E-state index < -0.39 is 0 Å².